The highest BCUT2D eigenvalue weighted by Gasteiger charge is 2.19. The Kier molecular flexibility index (Phi) is 8.50. The fourth-order valence-electron chi connectivity index (χ4n) is 3.07. The monoisotopic (exact) mass is 399 g/mol. The van der Waals surface area contributed by atoms with E-state index in [0.29, 0.717) is 18.4 Å². The maximum Gasteiger partial charge on any atom is 0.193 e. The van der Waals surface area contributed by atoms with Gasteiger partial charge < -0.3 is 15.0 Å². The molecule has 1 N–H and O–H groups in total. The molecule has 0 atom stereocenters. The molecule has 8 heteroatoms. The smallest absolute Gasteiger partial charge is 0.193 e. The third-order valence-corrected chi connectivity index (χ3v) is 6.42. The summed E-state index contributed by atoms with van der Waals surface area (Å²) in [6, 6.07) is 5.44. The van der Waals surface area contributed by atoms with Crippen molar-refractivity contribution in [1.29, 1.82) is 0 Å². The first-order chi connectivity index (χ1) is 12.9. The summed E-state index contributed by atoms with van der Waals surface area (Å²) in [4.78, 5) is 6.18. The summed E-state index contributed by atoms with van der Waals surface area (Å²) in [6.45, 7) is 5.25. The molecule has 0 spiro atoms. The van der Waals surface area contributed by atoms with Gasteiger partial charge in [0.1, 0.15) is 10.7 Å². The molecule has 1 aliphatic heterocycles. The van der Waals surface area contributed by atoms with Crippen molar-refractivity contribution in [3.05, 3.63) is 30.1 Å². The Morgan fingerprint density at radius 1 is 1.33 bits per heavy atom. The lowest BCUT2D eigenvalue weighted by atomic mass is 9.96. The minimum atomic E-state index is -3.70. The zero-order valence-corrected chi connectivity index (χ0v) is 17.0. The van der Waals surface area contributed by atoms with Gasteiger partial charge in [0.25, 0.3) is 0 Å². The van der Waals surface area contributed by atoms with E-state index in [1.807, 2.05) is 18.9 Å². The van der Waals surface area contributed by atoms with Crippen LogP contribution in [0.2, 0.25) is 0 Å². The molecule has 1 heterocycles. The summed E-state index contributed by atoms with van der Waals surface area (Å²) >= 11 is 0. The topological polar surface area (TPSA) is 71.0 Å². The maximum absolute atomic E-state index is 13.8. The van der Waals surface area contributed by atoms with Gasteiger partial charge in [0.2, 0.25) is 0 Å². The van der Waals surface area contributed by atoms with E-state index < -0.39 is 15.7 Å². The SMILES string of the molecule is CCNC(=NCCS(=O)(=O)c1ccccc1F)N(C)CCC1CCOCC1. The van der Waals surface area contributed by atoms with Crippen molar-refractivity contribution in [1.82, 2.24) is 10.2 Å². The van der Waals surface area contributed by atoms with E-state index in [4.69, 9.17) is 4.74 Å². The van der Waals surface area contributed by atoms with E-state index in [9.17, 15) is 12.8 Å². The molecule has 152 valence electrons. The highest BCUT2D eigenvalue weighted by molar-refractivity contribution is 7.91. The Balaban J connectivity index is 1.92. The largest absolute Gasteiger partial charge is 0.381 e. The van der Waals surface area contributed by atoms with Crippen molar-refractivity contribution in [2.75, 3.05) is 45.6 Å². The Hall–Kier alpha value is -1.67. The molecule has 6 nitrogen and oxygen atoms in total. The molecule has 0 unspecified atom stereocenters. The normalized spacial score (nSPS) is 16.3. The third kappa shape index (κ3) is 6.77. The first-order valence-electron chi connectivity index (χ1n) is 9.48. The van der Waals surface area contributed by atoms with E-state index in [2.05, 4.69) is 10.3 Å². The van der Waals surface area contributed by atoms with Crippen LogP contribution in [0.5, 0.6) is 0 Å². The second kappa shape index (κ2) is 10.6. The van der Waals surface area contributed by atoms with Gasteiger partial charge >= 0.3 is 0 Å². The van der Waals surface area contributed by atoms with Gasteiger partial charge in [-0.3, -0.25) is 4.99 Å². The van der Waals surface area contributed by atoms with Crippen molar-refractivity contribution < 1.29 is 17.5 Å². The molecule has 0 aromatic heterocycles. The Labute approximate surface area is 161 Å². The van der Waals surface area contributed by atoms with Gasteiger partial charge in [-0.15, -0.1) is 0 Å². The van der Waals surface area contributed by atoms with Gasteiger partial charge in [0, 0.05) is 33.4 Å². The molecule has 2 rings (SSSR count). The number of aliphatic imine (C=N–C) groups is 1. The van der Waals surface area contributed by atoms with Crippen LogP contribution in [-0.4, -0.2) is 64.9 Å². The average Bonchev–Trinajstić information content (AvgIpc) is 2.66. The number of hydrogen-bond donors (Lipinski definition) is 1. The third-order valence-electron chi connectivity index (χ3n) is 4.70. The van der Waals surface area contributed by atoms with Gasteiger partial charge in [-0.05, 0) is 44.2 Å². The summed E-state index contributed by atoms with van der Waals surface area (Å²) < 4.78 is 43.8. The van der Waals surface area contributed by atoms with Crippen LogP contribution in [0.3, 0.4) is 0 Å². The number of rotatable bonds is 8. The minimum absolute atomic E-state index is 0.0839. The second-order valence-electron chi connectivity index (χ2n) is 6.75. The average molecular weight is 400 g/mol. The van der Waals surface area contributed by atoms with Crippen molar-refractivity contribution in [2.45, 2.75) is 31.1 Å². The van der Waals surface area contributed by atoms with Gasteiger partial charge in [0.05, 0.1) is 12.3 Å². The summed E-state index contributed by atoms with van der Waals surface area (Å²) in [5.74, 6) is 0.386. The standard InChI is InChI=1S/C19H30FN3O3S/c1-3-21-19(23(2)12-8-16-9-13-26-14-10-16)22-11-15-27(24,25)18-7-5-4-6-17(18)20/h4-7,16H,3,8-15H2,1-2H3,(H,21,22). The molecule has 1 aromatic rings. The number of nitrogens with zero attached hydrogens (tertiary/aromatic N) is 2. The van der Waals surface area contributed by atoms with Crippen molar-refractivity contribution in [3.8, 4) is 0 Å². The Morgan fingerprint density at radius 3 is 2.70 bits per heavy atom. The van der Waals surface area contributed by atoms with Gasteiger partial charge in [-0.25, -0.2) is 12.8 Å². The number of sulfone groups is 1. The predicted molar refractivity (Wildman–Crippen MR) is 105 cm³/mol. The molecular formula is C19H30FN3O3S. The minimum Gasteiger partial charge on any atom is -0.381 e. The summed E-state index contributed by atoms with van der Waals surface area (Å²) in [7, 11) is -1.75. The van der Waals surface area contributed by atoms with Crippen molar-refractivity contribution in [2.24, 2.45) is 10.9 Å². The summed E-state index contributed by atoms with van der Waals surface area (Å²) in [5.41, 5.74) is 0. The molecule has 1 saturated heterocycles. The lowest BCUT2D eigenvalue weighted by Crippen LogP contribution is -2.40. The first-order valence-corrected chi connectivity index (χ1v) is 11.1. The lowest BCUT2D eigenvalue weighted by Gasteiger charge is -2.26. The molecule has 1 aliphatic rings. The van der Waals surface area contributed by atoms with Crippen LogP contribution >= 0.6 is 0 Å². The van der Waals surface area contributed by atoms with Crippen LogP contribution in [0.15, 0.2) is 34.2 Å². The van der Waals surface area contributed by atoms with Crippen LogP contribution in [0.1, 0.15) is 26.2 Å². The fraction of sp³-hybridized carbons (Fsp3) is 0.632. The molecule has 1 fully saturated rings. The molecule has 1 aromatic carbocycles. The lowest BCUT2D eigenvalue weighted by molar-refractivity contribution is 0.0625. The van der Waals surface area contributed by atoms with Crippen molar-refractivity contribution >= 4 is 15.8 Å². The van der Waals surface area contributed by atoms with Crippen LogP contribution in [0, 0.1) is 11.7 Å². The van der Waals surface area contributed by atoms with Crippen LogP contribution in [0.4, 0.5) is 4.39 Å². The zero-order valence-electron chi connectivity index (χ0n) is 16.2. The first kappa shape index (κ1) is 21.6. The van der Waals surface area contributed by atoms with E-state index in [1.54, 1.807) is 0 Å². The molecular weight excluding hydrogens is 369 g/mol. The molecule has 27 heavy (non-hydrogen) atoms. The fourth-order valence-corrected chi connectivity index (χ4v) is 4.27. The summed E-state index contributed by atoms with van der Waals surface area (Å²) in [5, 5.41) is 3.19. The quantitative estimate of drug-likeness (QED) is 0.537. The molecule has 0 aliphatic carbocycles. The highest BCUT2D eigenvalue weighted by Crippen LogP contribution is 2.18. The number of benzene rings is 1. The van der Waals surface area contributed by atoms with Gasteiger partial charge in [-0.2, -0.15) is 0 Å². The number of halogens is 1. The predicted octanol–water partition coefficient (Wildman–Crippen LogP) is 2.31. The van der Waals surface area contributed by atoms with Crippen LogP contribution < -0.4 is 5.32 Å². The van der Waals surface area contributed by atoms with E-state index in [0.717, 1.165) is 45.1 Å². The number of nitrogens with one attached hydrogen (secondary N) is 1. The Morgan fingerprint density at radius 2 is 2.04 bits per heavy atom. The van der Waals surface area contributed by atoms with E-state index >= 15 is 0 Å². The highest BCUT2D eigenvalue weighted by atomic mass is 32.2. The summed E-state index contributed by atoms with van der Waals surface area (Å²) in [6.07, 6.45) is 3.22. The second-order valence-corrected chi connectivity index (χ2v) is 8.83. The molecule has 0 radical (unpaired) electrons. The van der Waals surface area contributed by atoms with Crippen LogP contribution in [-0.2, 0) is 14.6 Å². The van der Waals surface area contributed by atoms with Gasteiger partial charge in [-0.1, -0.05) is 12.1 Å². The molecule has 0 bridgehead atoms. The number of hydrogen-bond acceptors (Lipinski definition) is 4. The van der Waals surface area contributed by atoms with Crippen molar-refractivity contribution in [3.63, 3.8) is 0 Å². The van der Waals surface area contributed by atoms with E-state index in [-0.39, 0.29) is 17.2 Å². The zero-order chi connectivity index (χ0) is 19.7. The molecule has 0 amide bonds. The Bertz CT molecular complexity index is 719. The van der Waals surface area contributed by atoms with Crippen LogP contribution in [0.25, 0.3) is 0 Å². The van der Waals surface area contributed by atoms with Gasteiger partial charge in [0.15, 0.2) is 15.8 Å². The number of ether oxygens (including phenoxy) is 1. The van der Waals surface area contributed by atoms with E-state index in [1.165, 1.54) is 18.2 Å². The molecule has 0 saturated carbocycles. The maximum atomic E-state index is 13.8. The number of guanidine groups is 1.